The Kier molecular flexibility index (Phi) is 5.87. The average Bonchev–Trinajstić information content (AvgIpc) is 2.96. The molecule has 1 heterocycles. The summed E-state index contributed by atoms with van der Waals surface area (Å²) in [6, 6.07) is 9.85. The Balaban J connectivity index is 1.67. The Morgan fingerprint density at radius 2 is 2.11 bits per heavy atom. The zero-order valence-corrected chi connectivity index (χ0v) is 12.4. The summed E-state index contributed by atoms with van der Waals surface area (Å²) in [5.41, 5.74) is 2.85. The monoisotopic (exact) mass is 260 g/mol. The SMILES string of the molecule is CCC(C)c1ccc(CNCCC2CCCN2)cc1. The molecule has 0 aromatic heterocycles. The number of hydrogen-bond acceptors (Lipinski definition) is 2. The van der Waals surface area contributed by atoms with Gasteiger partial charge in [0, 0.05) is 12.6 Å². The molecular weight excluding hydrogens is 232 g/mol. The molecule has 1 aliphatic heterocycles. The lowest BCUT2D eigenvalue weighted by Gasteiger charge is -2.12. The number of nitrogens with one attached hydrogen (secondary N) is 2. The minimum absolute atomic E-state index is 0.676. The molecule has 1 aromatic carbocycles. The highest BCUT2D eigenvalue weighted by Crippen LogP contribution is 2.18. The molecule has 1 fully saturated rings. The van der Waals surface area contributed by atoms with Gasteiger partial charge in [0.1, 0.15) is 0 Å². The molecule has 2 N–H and O–H groups in total. The molecule has 106 valence electrons. The lowest BCUT2D eigenvalue weighted by Crippen LogP contribution is -2.26. The highest BCUT2D eigenvalue weighted by Gasteiger charge is 2.12. The lowest BCUT2D eigenvalue weighted by molar-refractivity contribution is 0.523. The Hall–Kier alpha value is -0.860. The second-order valence-corrected chi connectivity index (χ2v) is 5.81. The summed E-state index contributed by atoms with van der Waals surface area (Å²) in [7, 11) is 0. The maximum atomic E-state index is 3.55. The Morgan fingerprint density at radius 1 is 1.32 bits per heavy atom. The molecule has 1 aromatic rings. The van der Waals surface area contributed by atoms with E-state index in [4.69, 9.17) is 0 Å². The molecular formula is C17H28N2. The smallest absolute Gasteiger partial charge is 0.0205 e. The number of hydrogen-bond donors (Lipinski definition) is 2. The summed E-state index contributed by atoms with van der Waals surface area (Å²) in [5, 5.41) is 7.09. The van der Waals surface area contributed by atoms with E-state index in [1.165, 1.54) is 43.4 Å². The second kappa shape index (κ2) is 7.66. The van der Waals surface area contributed by atoms with Gasteiger partial charge in [0.15, 0.2) is 0 Å². The summed E-state index contributed by atoms with van der Waals surface area (Å²) in [6.07, 6.45) is 5.17. The highest BCUT2D eigenvalue weighted by atomic mass is 14.9. The first-order valence-electron chi connectivity index (χ1n) is 7.82. The van der Waals surface area contributed by atoms with Crippen molar-refractivity contribution in [3.63, 3.8) is 0 Å². The molecule has 1 aliphatic rings. The molecule has 2 unspecified atom stereocenters. The van der Waals surface area contributed by atoms with Crippen LogP contribution in [-0.4, -0.2) is 19.1 Å². The van der Waals surface area contributed by atoms with Crippen LogP contribution in [0.2, 0.25) is 0 Å². The van der Waals surface area contributed by atoms with E-state index in [-0.39, 0.29) is 0 Å². The van der Waals surface area contributed by atoms with Crippen LogP contribution < -0.4 is 10.6 Å². The standard InChI is InChI=1S/C17H28N2/c1-3-14(2)16-8-6-15(7-9-16)13-18-12-10-17-5-4-11-19-17/h6-9,14,17-19H,3-5,10-13H2,1-2H3. The molecule has 19 heavy (non-hydrogen) atoms. The molecule has 2 heteroatoms. The van der Waals surface area contributed by atoms with Gasteiger partial charge in [-0.3, -0.25) is 0 Å². The first-order chi connectivity index (χ1) is 9.29. The molecule has 0 spiro atoms. The van der Waals surface area contributed by atoms with Crippen molar-refractivity contribution in [3.8, 4) is 0 Å². The van der Waals surface area contributed by atoms with Crippen LogP contribution in [0.1, 0.15) is 56.6 Å². The van der Waals surface area contributed by atoms with Crippen LogP contribution in [0.4, 0.5) is 0 Å². The fraction of sp³-hybridized carbons (Fsp3) is 0.647. The van der Waals surface area contributed by atoms with Crippen molar-refractivity contribution in [2.45, 2.75) is 58.0 Å². The van der Waals surface area contributed by atoms with Crippen LogP contribution in [0.25, 0.3) is 0 Å². The van der Waals surface area contributed by atoms with Crippen molar-refractivity contribution >= 4 is 0 Å². The molecule has 0 bridgehead atoms. The van der Waals surface area contributed by atoms with E-state index in [0.717, 1.165) is 19.1 Å². The molecule has 0 amide bonds. The second-order valence-electron chi connectivity index (χ2n) is 5.81. The van der Waals surface area contributed by atoms with Gasteiger partial charge in [-0.05, 0) is 55.8 Å². The third-order valence-corrected chi connectivity index (χ3v) is 4.32. The van der Waals surface area contributed by atoms with Gasteiger partial charge < -0.3 is 10.6 Å². The summed E-state index contributed by atoms with van der Waals surface area (Å²) < 4.78 is 0. The van der Waals surface area contributed by atoms with E-state index in [2.05, 4.69) is 48.7 Å². The largest absolute Gasteiger partial charge is 0.314 e. The molecule has 2 atom stereocenters. The Labute approximate surface area is 118 Å². The quantitative estimate of drug-likeness (QED) is 0.734. The maximum Gasteiger partial charge on any atom is 0.0205 e. The van der Waals surface area contributed by atoms with Crippen LogP contribution in [0, 0.1) is 0 Å². The lowest BCUT2D eigenvalue weighted by atomic mass is 9.98. The van der Waals surface area contributed by atoms with Gasteiger partial charge in [-0.15, -0.1) is 0 Å². The third kappa shape index (κ3) is 4.63. The van der Waals surface area contributed by atoms with Crippen LogP contribution in [0.3, 0.4) is 0 Å². The van der Waals surface area contributed by atoms with Gasteiger partial charge in [0.05, 0.1) is 0 Å². The normalized spacial score (nSPS) is 20.6. The van der Waals surface area contributed by atoms with E-state index in [0.29, 0.717) is 5.92 Å². The van der Waals surface area contributed by atoms with Crippen molar-refractivity contribution in [1.82, 2.24) is 10.6 Å². The zero-order valence-electron chi connectivity index (χ0n) is 12.4. The van der Waals surface area contributed by atoms with Gasteiger partial charge in [-0.25, -0.2) is 0 Å². The van der Waals surface area contributed by atoms with Crippen molar-refractivity contribution in [1.29, 1.82) is 0 Å². The summed E-state index contributed by atoms with van der Waals surface area (Å²) in [6.45, 7) is 7.86. The fourth-order valence-corrected chi connectivity index (χ4v) is 2.71. The van der Waals surface area contributed by atoms with Crippen molar-refractivity contribution in [3.05, 3.63) is 35.4 Å². The predicted octanol–water partition coefficient (Wildman–Crippen LogP) is 3.43. The van der Waals surface area contributed by atoms with Gasteiger partial charge in [0.25, 0.3) is 0 Å². The van der Waals surface area contributed by atoms with Crippen molar-refractivity contribution in [2.24, 2.45) is 0 Å². The third-order valence-electron chi connectivity index (χ3n) is 4.32. The first kappa shape index (κ1) is 14.5. The van der Waals surface area contributed by atoms with E-state index >= 15 is 0 Å². The number of rotatable bonds is 7. The molecule has 0 saturated carbocycles. The van der Waals surface area contributed by atoms with Crippen LogP contribution in [0.5, 0.6) is 0 Å². The topological polar surface area (TPSA) is 24.1 Å². The molecule has 0 aliphatic carbocycles. The maximum absolute atomic E-state index is 3.55. The van der Waals surface area contributed by atoms with Gasteiger partial charge >= 0.3 is 0 Å². The molecule has 1 saturated heterocycles. The van der Waals surface area contributed by atoms with Gasteiger partial charge in [0.2, 0.25) is 0 Å². The van der Waals surface area contributed by atoms with E-state index in [1.807, 2.05) is 0 Å². The van der Waals surface area contributed by atoms with Crippen LogP contribution in [0.15, 0.2) is 24.3 Å². The fourth-order valence-electron chi connectivity index (χ4n) is 2.71. The summed E-state index contributed by atoms with van der Waals surface area (Å²) in [4.78, 5) is 0. The van der Waals surface area contributed by atoms with E-state index in [9.17, 15) is 0 Å². The average molecular weight is 260 g/mol. The Morgan fingerprint density at radius 3 is 2.74 bits per heavy atom. The van der Waals surface area contributed by atoms with Crippen molar-refractivity contribution < 1.29 is 0 Å². The van der Waals surface area contributed by atoms with Crippen LogP contribution in [-0.2, 0) is 6.54 Å². The minimum atomic E-state index is 0.676. The van der Waals surface area contributed by atoms with Gasteiger partial charge in [-0.1, -0.05) is 38.1 Å². The number of benzene rings is 1. The van der Waals surface area contributed by atoms with E-state index in [1.54, 1.807) is 0 Å². The zero-order chi connectivity index (χ0) is 13.5. The molecule has 0 radical (unpaired) electrons. The predicted molar refractivity (Wildman–Crippen MR) is 82.5 cm³/mol. The highest BCUT2D eigenvalue weighted by molar-refractivity contribution is 5.24. The summed E-state index contributed by atoms with van der Waals surface area (Å²) >= 11 is 0. The van der Waals surface area contributed by atoms with Gasteiger partial charge in [-0.2, -0.15) is 0 Å². The van der Waals surface area contributed by atoms with Crippen molar-refractivity contribution in [2.75, 3.05) is 13.1 Å². The first-order valence-corrected chi connectivity index (χ1v) is 7.82. The minimum Gasteiger partial charge on any atom is -0.314 e. The summed E-state index contributed by atoms with van der Waals surface area (Å²) in [5.74, 6) is 0.676. The van der Waals surface area contributed by atoms with Crippen LogP contribution >= 0.6 is 0 Å². The molecule has 2 nitrogen and oxygen atoms in total. The van der Waals surface area contributed by atoms with E-state index < -0.39 is 0 Å². The Bertz CT molecular complexity index is 352. The molecule has 2 rings (SSSR count).